The second-order valence-corrected chi connectivity index (χ2v) is 11.0. The smallest absolute Gasteiger partial charge is 0.303 e. The monoisotopic (exact) mass is 458 g/mol. The Morgan fingerprint density at radius 3 is 2.61 bits per heavy atom. The average Bonchev–Trinajstić information content (AvgIpc) is 3.13. The van der Waals surface area contributed by atoms with E-state index in [1.165, 1.54) is 19.1 Å². The number of hydrogen-bond acceptors (Lipinski definition) is 6. The van der Waals surface area contributed by atoms with Gasteiger partial charge in [-0.3, -0.25) is 14.4 Å². The Kier molecular flexibility index (Phi) is 4.77. The minimum absolute atomic E-state index is 0.0532. The first-order valence-corrected chi connectivity index (χ1v) is 11.7. The Bertz CT molecular complexity index is 1040. The predicted molar refractivity (Wildman–Crippen MR) is 117 cm³/mol. The predicted octanol–water partition coefficient (Wildman–Crippen LogP) is 3.79. The van der Waals surface area contributed by atoms with Crippen molar-refractivity contribution in [2.75, 3.05) is 6.61 Å². The van der Waals surface area contributed by atoms with Crippen LogP contribution < -0.4 is 0 Å². The summed E-state index contributed by atoms with van der Waals surface area (Å²) in [4.78, 5) is 37.0. The number of Topliss-reactive ketones (excluding diaryl/α,β-unsaturated/α-hetero) is 1. The Balaban J connectivity index is 1.59. The number of rotatable bonds is 3. The number of halogens is 1. The SMILES string of the molecule is CC(=O)OCC(=O)[C@@]12OC(C)(C)O[C@@H]1CC1C3C[C@H](F)C4=CC(=O)C=C[C@]4(C)C3=CC[C@@]12C. The molecule has 0 aromatic rings. The zero-order valence-corrected chi connectivity index (χ0v) is 19.8. The Morgan fingerprint density at radius 1 is 1.18 bits per heavy atom. The highest BCUT2D eigenvalue weighted by Gasteiger charge is 2.75. The van der Waals surface area contributed by atoms with Gasteiger partial charge in [-0.1, -0.05) is 24.6 Å². The molecule has 0 spiro atoms. The van der Waals surface area contributed by atoms with Gasteiger partial charge in [0.15, 0.2) is 23.8 Å². The van der Waals surface area contributed by atoms with Gasteiger partial charge >= 0.3 is 5.97 Å². The van der Waals surface area contributed by atoms with Crippen molar-refractivity contribution >= 4 is 17.5 Å². The molecule has 0 N–H and O–H groups in total. The maximum Gasteiger partial charge on any atom is 0.303 e. The molecule has 2 saturated carbocycles. The van der Waals surface area contributed by atoms with Crippen LogP contribution in [0.2, 0.25) is 0 Å². The molecule has 1 aliphatic heterocycles. The lowest BCUT2D eigenvalue weighted by Gasteiger charge is -2.54. The first-order valence-electron chi connectivity index (χ1n) is 11.7. The summed E-state index contributed by atoms with van der Waals surface area (Å²) in [6.07, 6.45) is 6.53. The minimum atomic E-state index is -1.28. The molecule has 1 saturated heterocycles. The molecule has 7 heteroatoms. The standard InChI is InChI=1S/C26H31FO6/c1-14(28)31-13-21(30)26-22(32-23(2,3)33-26)12-18-16-11-20(27)19-10-15(29)6-8-24(19,4)17(16)7-9-25(18,26)5/h6-8,10,16,18,20,22H,9,11-13H2,1-5H3/t16?,18?,20-,22+,24+,25-,26+/m0/s1. The number of ether oxygens (including phenoxy) is 3. The van der Waals surface area contributed by atoms with Crippen molar-refractivity contribution < 1.29 is 33.0 Å². The largest absolute Gasteiger partial charge is 0.458 e. The summed E-state index contributed by atoms with van der Waals surface area (Å²) in [6, 6.07) is 0. The number of alkyl halides is 1. The van der Waals surface area contributed by atoms with Gasteiger partial charge in [0, 0.05) is 17.8 Å². The fourth-order valence-electron chi connectivity index (χ4n) is 7.41. The molecule has 1 heterocycles. The van der Waals surface area contributed by atoms with Crippen LogP contribution in [0, 0.1) is 22.7 Å². The van der Waals surface area contributed by atoms with Crippen molar-refractivity contribution in [3.63, 3.8) is 0 Å². The van der Waals surface area contributed by atoms with Crippen molar-refractivity contribution in [3.05, 3.63) is 35.5 Å². The average molecular weight is 459 g/mol. The van der Waals surface area contributed by atoms with E-state index in [0.717, 1.165) is 5.57 Å². The molecule has 0 radical (unpaired) electrons. The molecular formula is C26H31FO6. The third-order valence-corrected chi connectivity index (χ3v) is 8.75. The van der Waals surface area contributed by atoms with E-state index < -0.39 is 40.5 Å². The van der Waals surface area contributed by atoms with Crippen LogP contribution in [0.1, 0.15) is 53.9 Å². The molecule has 0 aromatic carbocycles. The number of allylic oxidation sites excluding steroid dienone is 6. The quantitative estimate of drug-likeness (QED) is 0.473. The number of carbonyl (C=O) groups excluding carboxylic acids is 3. The van der Waals surface area contributed by atoms with E-state index >= 15 is 4.39 Å². The lowest BCUT2D eigenvalue weighted by molar-refractivity contribution is -0.207. The molecule has 5 aliphatic rings. The highest BCUT2D eigenvalue weighted by atomic mass is 19.1. The molecule has 7 atom stereocenters. The van der Waals surface area contributed by atoms with E-state index in [4.69, 9.17) is 14.2 Å². The molecule has 5 rings (SSSR count). The summed E-state index contributed by atoms with van der Waals surface area (Å²) in [7, 11) is 0. The summed E-state index contributed by atoms with van der Waals surface area (Å²) < 4.78 is 33.2. The van der Waals surface area contributed by atoms with Crippen LogP contribution in [0.5, 0.6) is 0 Å². The van der Waals surface area contributed by atoms with Crippen molar-refractivity contribution in [3.8, 4) is 0 Å². The highest BCUT2D eigenvalue weighted by Crippen LogP contribution is 2.69. The van der Waals surface area contributed by atoms with E-state index in [2.05, 4.69) is 6.08 Å². The summed E-state index contributed by atoms with van der Waals surface area (Å²) in [5.41, 5.74) is -0.947. The van der Waals surface area contributed by atoms with Crippen LogP contribution in [0.15, 0.2) is 35.5 Å². The summed E-state index contributed by atoms with van der Waals surface area (Å²) in [5, 5.41) is 0. The number of carbonyl (C=O) groups is 3. The van der Waals surface area contributed by atoms with Gasteiger partial charge in [0.2, 0.25) is 5.78 Å². The molecule has 0 amide bonds. The van der Waals surface area contributed by atoms with E-state index in [0.29, 0.717) is 18.4 Å². The van der Waals surface area contributed by atoms with E-state index in [1.807, 2.05) is 19.9 Å². The first kappa shape index (κ1) is 22.7. The maximum atomic E-state index is 15.5. The molecular weight excluding hydrogens is 427 g/mol. The van der Waals surface area contributed by atoms with E-state index in [-0.39, 0.29) is 36.4 Å². The number of esters is 1. The Morgan fingerprint density at radius 2 is 1.91 bits per heavy atom. The third-order valence-electron chi connectivity index (χ3n) is 8.75. The van der Waals surface area contributed by atoms with Gasteiger partial charge in [0.1, 0.15) is 6.17 Å². The van der Waals surface area contributed by atoms with Crippen LogP contribution in [0.25, 0.3) is 0 Å². The fourth-order valence-corrected chi connectivity index (χ4v) is 7.41. The van der Waals surface area contributed by atoms with Crippen LogP contribution in [0.3, 0.4) is 0 Å². The van der Waals surface area contributed by atoms with Gasteiger partial charge in [-0.05, 0) is 69.6 Å². The Hall–Kier alpha value is -2.12. The summed E-state index contributed by atoms with van der Waals surface area (Å²) in [5.74, 6) is -2.14. The molecule has 0 bridgehead atoms. The number of hydrogen-bond donors (Lipinski definition) is 0. The molecule has 33 heavy (non-hydrogen) atoms. The van der Waals surface area contributed by atoms with Crippen LogP contribution in [0.4, 0.5) is 4.39 Å². The number of fused-ring (bicyclic) bond motifs is 7. The lowest BCUT2D eigenvalue weighted by Crippen LogP contribution is -2.60. The second kappa shape index (κ2) is 6.95. The van der Waals surface area contributed by atoms with E-state index in [1.54, 1.807) is 13.8 Å². The van der Waals surface area contributed by atoms with E-state index in [9.17, 15) is 14.4 Å². The van der Waals surface area contributed by atoms with Gasteiger partial charge in [-0.15, -0.1) is 0 Å². The summed E-state index contributed by atoms with van der Waals surface area (Å²) >= 11 is 0. The van der Waals surface area contributed by atoms with Gasteiger partial charge in [-0.25, -0.2) is 4.39 Å². The zero-order valence-electron chi connectivity index (χ0n) is 19.8. The zero-order chi connectivity index (χ0) is 24.0. The van der Waals surface area contributed by atoms with Crippen molar-refractivity contribution in [1.82, 2.24) is 0 Å². The third kappa shape index (κ3) is 2.94. The van der Waals surface area contributed by atoms with Crippen molar-refractivity contribution in [1.29, 1.82) is 0 Å². The fraction of sp³-hybridized carbons (Fsp3) is 0.654. The van der Waals surface area contributed by atoms with Crippen molar-refractivity contribution in [2.24, 2.45) is 22.7 Å². The topological polar surface area (TPSA) is 78.9 Å². The normalized spacial score (nSPS) is 44.7. The molecule has 2 unspecified atom stereocenters. The van der Waals surface area contributed by atoms with Gasteiger partial charge in [0.25, 0.3) is 0 Å². The maximum absolute atomic E-state index is 15.5. The molecule has 3 fully saturated rings. The van der Waals surface area contributed by atoms with Gasteiger partial charge in [0.05, 0.1) is 6.10 Å². The second-order valence-electron chi connectivity index (χ2n) is 11.0. The lowest BCUT2D eigenvalue weighted by atomic mass is 9.51. The number of ketones is 2. The van der Waals surface area contributed by atoms with Crippen LogP contribution in [-0.4, -0.2) is 47.8 Å². The van der Waals surface area contributed by atoms with Gasteiger partial charge in [-0.2, -0.15) is 0 Å². The molecule has 178 valence electrons. The van der Waals surface area contributed by atoms with Crippen molar-refractivity contribution in [2.45, 2.75) is 77.5 Å². The first-order chi connectivity index (χ1) is 15.3. The highest BCUT2D eigenvalue weighted by molar-refractivity contribution is 6.01. The van der Waals surface area contributed by atoms with Crippen LogP contribution in [-0.2, 0) is 28.6 Å². The van der Waals surface area contributed by atoms with Gasteiger partial charge < -0.3 is 14.2 Å². The summed E-state index contributed by atoms with van der Waals surface area (Å²) in [6.45, 7) is 8.47. The molecule has 4 aliphatic carbocycles. The Labute approximate surface area is 193 Å². The molecule has 0 aromatic heterocycles. The minimum Gasteiger partial charge on any atom is -0.458 e. The molecule has 6 nitrogen and oxygen atoms in total. The van der Waals surface area contributed by atoms with Crippen LogP contribution >= 0.6 is 0 Å².